The molecule has 17 heavy (non-hydrogen) atoms. The number of nitrogens with zero attached hydrogens (tertiary/aromatic N) is 4. The van der Waals surface area contributed by atoms with Gasteiger partial charge in [0.1, 0.15) is 24.1 Å². The van der Waals surface area contributed by atoms with Crippen LogP contribution in [0.25, 0.3) is 0 Å². The third kappa shape index (κ3) is 2.91. The molecule has 0 amide bonds. The largest absolute Gasteiger partial charge is 0.385 e. The highest BCUT2D eigenvalue weighted by molar-refractivity contribution is 4.97. The Bertz CT molecular complexity index is 448. The van der Waals surface area contributed by atoms with Gasteiger partial charge in [-0.05, 0) is 5.92 Å². The van der Waals surface area contributed by atoms with E-state index in [0.29, 0.717) is 18.2 Å². The van der Waals surface area contributed by atoms with E-state index in [9.17, 15) is 5.11 Å². The zero-order valence-electron chi connectivity index (χ0n) is 10.0. The molecule has 92 valence electrons. The molecular weight excluding hydrogens is 218 g/mol. The number of rotatable bonds is 5. The highest BCUT2D eigenvalue weighted by Gasteiger charge is 2.15. The molecule has 0 saturated carbocycles. The maximum absolute atomic E-state index is 9.96. The van der Waals surface area contributed by atoms with Crippen LogP contribution in [0, 0.1) is 5.92 Å². The third-order valence-corrected chi connectivity index (χ3v) is 2.44. The molecule has 0 aliphatic heterocycles. The van der Waals surface area contributed by atoms with Crippen LogP contribution in [0.4, 0.5) is 0 Å². The molecule has 0 bridgehead atoms. The minimum atomic E-state index is -0.667. The number of aliphatic hydroxyl groups excluding tert-OH is 1. The van der Waals surface area contributed by atoms with Gasteiger partial charge in [0.25, 0.3) is 0 Å². The van der Waals surface area contributed by atoms with Gasteiger partial charge in [0.2, 0.25) is 0 Å². The van der Waals surface area contributed by atoms with Gasteiger partial charge in [-0.15, -0.1) is 0 Å². The highest BCUT2D eigenvalue weighted by atomic mass is 16.3. The van der Waals surface area contributed by atoms with Crippen molar-refractivity contribution in [2.75, 3.05) is 0 Å². The molecule has 0 radical (unpaired) electrons. The smallest absolute Gasteiger partial charge is 0.138 e. The van der Waals surface area contributed by atoms with Crippen molar-refractivity contribution >= 4 is 0 Å². The van der Waals surface area contributed by atoms with E-state index in [0.717, 1.165) is 12.4 Å². The summed E-state index contributed by atoms with van der Waals surface area (Å²) < 4.78 is 1.83. The Morgan fingerprint density at radius 3 is 2.88 bits per heavy atom. The van der Waals surface area contributed by atoms with Gasteiger partial charge in [-0.3, -0.25) is 0 Å². The van der Waals surface area contributed by atoms with Gasteiger partial charge in [-0.2, -0.15) is 5.10 Å². The van der Waals surface area contributed by atoms with Crippen molar-refractivity contribution in [2.24, 2.45) is 5.92 Å². The minimum Gasteiger partial charge on any atom is -0.385 e. The summed E-state index contributed by atoms with van der Waals surface area (Å²) in [5, 5.41) is 14.1. The average Bonchev–Trinajstić information content (AvgIpc) is 2.89. The zero-order valence-corrected chi connectivity index (χ0v) is 10.0. The lowest BCUT2D eigenvalue weighted by molar-refractivity contribution is 0.164. The number of hydrogen-bond donors (Lipinski definition) is 2. The first-order valence-electron chi connectivity index (χ1n) is 5.71. The molecule has 0 spiro atoms. The average molecular weight is 235 g/mol. The summed E-state index contributed by atoms with van der Waals surface area (Å²) in [6, 6.07) is 0. The van der Waals surface area contributed by atoms with Crippen molar-refractivity contribution < 1.29 is 5.11 Å². The molecule has 0 aromatic carbocycles. The van der Waals surface area contributed by atoms with Crippen LogP contribution >= 0.6 is 0 Å². The van der Waals surface area contributed by atoms with E-state index < -0.39 is 6.10 Å². The standard InChI is InChI=1S/C11H17N5O/c1-8(2)6-16-10(14-7-15-16)5-9(17)11-12-3-4-13-11/h3-4,7-9,17H,5-6H2,1-2H3,(H,12,13). The monoisotopic (exact) mass is 235 g/mol. The lowest BCUT2D eigenvalue weighted by Crippen LogP contribution is -2.14. The van der Waals surface area contributed by atoms with E-state index in [1.807, 2.05) is 4.68 Å². The van der Waals surface area contributed by atoms with Gasteiger partial charge in [-0.25, -0.2) is 14.6 Å². The zero-order chi connectivity index (χ0) is 12.3. The molecule has 2 rings (SSSR count). The number of aromatic nitrogens is 5. The molecule has 0 saturated heterocycles. The van der Waals surface area contributed by atoms with Gasteiger partial charge in [-0.1, -0.05) is 13.8 Å². The van der Waals surface area contributed by atoms with Gasteiger partial charge in [0, 0.05) is 25.4 Å². The number of hydrogen-bond acceptors (Lipinski definition) is 4. The van der Waals surface area contributed by atoms with Gasteiger partial charge >= 0.3 is 0 Å². The molecule has 2 heterocycles. The molecule has 0 aliphatic carbocycles. The maximum Gasteiger partial charge on any atom is 0.138 e. The first-order valence-corrected chi connectivity index (χ1v) is 5.71. The molecule has 6 heteroatoms. The number of aromatic amines is 1. The van der Waals surface area contributed by atoms with E-state index in [4.69, 9.17) is 0 Å². The predicted molar refractivity (Wildman–Crippen MR) is 62.1 cm³/mol. The van der Waals surface area contributed by atoms with Crippen LogP contribution < -0.4 is 0 Å². The van der Waals surface area contributed by atoms with Crippen LogP contribution in [-0.4, -0.2) is 29.8 Å². The normalized spacial score (nSPS) is 13.2. The van der Waals surface area contributed by atoms with E-state index in [2.05, 4.69) is 33.9 Å². The summed E-state index contributed by atoms with van der Waals surface area (Å²) >= 11 is 0. The van der Waals surface area contributed by atoms with Crippen molar-refractivity contribution in [3.05, 3.63) is 30.4 Å². The Morgan fingerprint density at radius 2 is 2.24 bits per heavy atom. The lowest BCUT2D eigenvalue weighted by Gasteiger charge is -2.10. The molecular formula is C11H17N5O. The highest BCUT2D eigenvalue weighted by Crippen LogP contribution is 2.13. The molecule has 2 aromatic heterocycles. The lowest BCUT2D eigenvalue weighted by atomic mass is 10.2. The van der Waals surface area contributed by atoms with Crippen molar-refractivity contribution in [3.8, 4) is 0 Å². The van der Waals surface area contributed by atoms with Gasteiger partial charge in [0.05, 0.1) is 0 Å². The molecule has 2 aromatic rings. The van der Waals surface area contributed by atoms with E-state index in [-0.39, 0.29) is 0 Å². The summed E-state index contributed by atoms with van der Waals surface area (Å²) in [6.45, 7) is 5.04. The predicted octanol–water partition coefficient (Wildman–Crippen LogP) is 0.933. The van der Waals surface area contributed by atoms with Crippen LogP contribution in [0.3, 0.4) is 0 Å². The second-order valence-corrected chi connectivity index (χ2v) is 4.45. The fraction of sp³-hybridized carbons (Fsp3) is 0.545. The summed E-state index contributed by atoms with van der Waals surface area (Å²) in [5.41, 5.74) is 0. The van der Waals surface area contributed by atoms with Crippen molar-refractivity contribution in [2.45, 2.75) is 32.9 Å². The maximum atomic E-state index is 9.96. The topological polar surface area (TPSA) is 79.6 Å². The fourth-order valence-electron chi connectivity index (χ4n) is 1.67. The molecule has 2 N–H and O–H groups in total. The van der Waals surface area contributed by atoms with E-state index in [1.165, 1.54) is 6.33 Å². The second kappa shape index (κ2) is 5.09. The van der Waals surface area contributed by atoms with Crippen molar-refractivity contribution in [1.82, 2.24) is 24.7 Å². The summed E-state index contributed by atoms with van der Waals surface area (Å²) in [6.07, 6.45) is 4.59. The first kappa shape index (κ1) is 11.8. The van der Waals surface area contributed by atoms with Crippen LogP contribution in [0.15, 0.2) is 18.7 Å². The van der Waals surface area contributed by atoms with E-state index in [1.54, 1.807) is 12.4 Å². The van der Waals surface area contributed by atoms with Crippen molar-refractivity contribution in [3.63, 3.8) is 0 Å². The van der Waals surface area contributed by atoms with Crippen LogP contribution in [0.2, 0.25) is 0 Å². The molecule has 1 atom stereocenters. The second-order valence-electron chi connectivity index (χ2n) is 4.45. The fourth-order valence-corrected chi connectivity index (χ4v) is 1.67. The Morgan fingerprint density at radius 1 is 1.41 bits per heavy atom. The minimum absolute atomic E-state index is 0.417. The Kier molecular flexibility index (Phi) is 3.53. The summed E-state index contributed by atoms with van der Waals surface area (Å²) in [7, 11) is 0. The molecule has 6 nitrogen and oxygen atoms in total. The molecule has 0 aliphatic rings. The quantitative estimate of drug-likeness (QED) is 0.808. The molecule has 1 unspecified atom stereocenters. The Labute approximate surface area is 99.7 Å². The molecule has 0 fully saturated rings. The number of nitrogens with one attached hydrogen (secondary N) is 1. The van der Waals surface area contributed by atoms with E-state index >= 15 is 0 Å². The van der Waals surface area contributed by atoms with Crippen LogP contribution in [0.5, 0.6) is 0 Å². The number of H-pyrrole nitrogens is 1. The van der Waals surface area contributed by atoms with Crippen molar-refractivity contribution in [1.29, 1.82) is 0 Å². The Hall–Kier alpha value is -1.69. The third-order valence-electron chi connectivity index (χ3n) is 2.44. The van der Waals surface area contributed by atoms with Crippen LogP contribution in [-0.2, 0) is 13.0 Å². The number of aliphatic hydroxyl groups is 1. The number of imidazole rings is 1. The SMILES string of the molecule is CC(C)Cn1ncnc1CC(O)c1ncc[nH]1. The van der Waals surface area contributed by atoms with Gasteiger partial charge < -0.3 is 10.1 Å². The van der Waals surface area contributed by atoms with Crippen LogP contribution in [0.1, 0.15) is 31.6 Å². The summed E-state index contributed by atoms with van der Waals surface area (Å²) in [5.74, 6) is 1.84. The van der Waals surface area contributed by atoms with Gasteiger partial charge in [0.15, 0.2) is 0 Å². The first-order chi connectivity index (χ1) is 8.16. The Balaban J connectivity index is 2.06. The summed E-state index contributed by atoms with van der Waals surface area (Å²) in [4.78, 5) is 11.1.